The van der Waals surface area contributed by atoms with Crippen LogP contribution in [0, 0.1) is 28.6 Å². The van der Waals surface area contributed by atoms with E-state index in [1.54, 1.807) is 0 Å². The van der Waals surface area contributed by atoms with E-state index in [2.05, 4.69) is 32.1 Å². The fourth-order valence-corrected chi connectivity index (χ4v) is 5.83. The molecule has 1 unspecified atom stereocenters. The molecule has 0 aromatic heterocycles. The second-order valence-electron chi connectivity index (χ2n) is 7.99. The lowest BCUT2D eigenvalue weighted by molar-refractivity contribution is -0.0625. The molecule has 0 amide bonds. The molecule has 0 aliphatic heterocycles. The zero-order chi connectivity index (χ0) is 14.8. The van der Waals surface area contributed by atoms with E-state index in [4.69, 9.17) is 0 Å². The van der Waals surface area contributed by atoms with E-state index in [9.17, 15) is 10.2 Å². The van der Waals surface area contributed by atoms with Gasteiger partial charge in [0.15, 0.2) is 0 Å². The van der Waals surface area contributed by atoms with Gasteiger partial charge >= 0.3 is 0 Å². The average molecular weight is 286 g/mol. The highest BCUT2D eigenvalue weighted by Crippen LogP contribution is 2.63. The van der Waals surface area contributed by atoms with E-state index < -0.39 is 0 Å². The molecule has 0 heterocycles. The van der Waals surface area contributed by atoms with E-state index in [1.807, 2.05) is 6.08 Å². The highest BCUT2D eigenvalue weighted by Gasteiger charge is 2.58. The zero-order valence-electron chi connectivity index (χ0n) is 13.0. The molecule has 0 aromatic carbocycles. The summed E-state index contributed by atoms with van der Waals surface area (Å²) in [6.07, 6.45) is 13.7. The molecular weight excluding hydrogens is 260 g/mol. The molecule has 4 aliphatic rings. The fraction of sp³-hybridized carbons (Fsp3) is 0.684. The van der Waals surface area contributed by atoms with Crippen molar-refractivity contribution in [2.75, 3.05) is 0 Å². The predicted octanol–water partition coefficient (Wildman–Crippen LogP) is 4.14. The number of allylic oxidation sites excluding steroid dienone is 4. The van der Waals surface area contributed by atoms with Crippen LogP contribution in [0.4, 0.5) is 0 Å². The number of fused-ring (bicyclic) bond motifs is 5. The Morgan fingerprint density at radius 2 is 2.05 bits per heavy atom. The summed E-state index contributed by atoms with van der Waals surface area (Å²) in [6, 6.07) is 0. The molecule has 2 N–H and O–H groups in total. The third-order valence-electron chi connectivity index (χ3n) is 7.12. The molecule has 0 saturated heterocycles. The Morgan fingerprint density at radius 1 is 1.24 bits per heavy atom. The second-order valence-corrected chi connectivity index (χ2v) is 7.99. The molecule has 21 heavy (non-hydrogen) atoms. The summed E-state index contributed by atoms with van der Waals surface area (Å²) in [5.41, 5.74) is 1.29. The van der Waals surface area contributed by atoms with Gasteiger partial charge in [-0.2, -0.15) is 0 Å². The van der Waals surface area contributed by atoms with Crippen LogP contribution in [-0.2, 0) is 0 Å². The predicted molar refractivity (Wildman–Crippen MR) is 83.7 cm³/mol. The van der Waals surface area contributed by atoms with Gasteiger partial charge in [-0.3, -0.25) is 0 Å². The van der Waals surface area contributed by atoms with Gasteiger partial charge in [-0.25, -0.2) is 0 Å². The monoisotopic (exact) mass is 286 g/mol. The molecule has 6 atom stereocenters. The summed E-state index contributed by atoms with van der Waals surface area (Å²) < 4.78 is 0. The average Bonchev–Trinajstić information content (AvgIpc) is 2.83. The van der Waals surface area contributed by atoms with Gasteiger partial charge in [-0.05, 0) is 68.3 Å². The van der Waals surface area contributed by atoms with Crippen molar-refractivity contribution in [3.8, 4) is 0 Å². The first kappa shape index (κ1) is 13.6. The molecule has 0 radical (unpaired) electrons. The minimum absolute atomic E-state index is 0.230. The van der Waals surface area contributed by atoms with Gasteiger partial charge in [0.1, 0.15) is 0 Å². The first-order chi connectivity index (χ1) is 9.97. The molecule has 2 nitrogen and oxygen atoms in total. The van der Waals surface area contributed by atoms with Crippen molar-refractivity contribution in [1.82, 2.24) is 0 Å². The van der Waals surface area contributed by atoms with Crippen LogP contribution < -0.4 is 0 Å². The number of hydrogen-bond acceptors (Lipinski definition) is 2. The largest absolute Gasteiger partial charge is 0.512 e. The molecule has 1 saturated carbocycles. The molecule has 0 aromatic rings. The quantitative estimate of drug-likeness (QED) is 0.657. The van der Waals surface area contributed by atoms with Crippen LogP contribution in [0.1, 0.15) is 46.0 Å². The van der Waals surface area contributed by atoms with Gasteiger partial charge in [0.05, 0.1) is 11.9 Å². The highest BCUT2D eigenvalue weighted by molar-refractivity contribution is 5.36. The van der Waals surface area contributed by atoms with Gasteiger partial charge in [-0.1, -0.05) is 30.7 Å². The molecule has 114 valence electrons. The molecule has 1 fully saturated rings. The lowest BCUT2D eigenvalue weighted by Crippen LogP contribution is -2.53. The smallest absolute Gasteiger partial charge is 0.0985 e. The molecule has 2 heteroatoms. The Labute approximate surface area is 127 Å². The van der Waals surface area contributed by atoms with Crippen LogP contribution in [0.3, 0.4) is 0 Å². The van der Waals surface area contributed by atoms with Crippen LogP contribution in [0.2, 0.25) is 0 Å². The third-order valence-corrected chi connectivity index (χ3v) is 7.12. The fourth-order valence-electron chi connectivity index (χ4n) is 5.83. The molecule has 4 aliphatic carbocycles. The van der Waals surface area contributed by atoms with Crippen LogP contribution >= 0.6 is 0 Å². The zero-order valence-corrected chi connectivity index (χ0v) is 13.0. The van der Waals surface area contributed by atoms with Gasteiger partial charge in [0.25, 0.3) is 0 Å². The van der Waals surface area contributed by atoms with Gasteiger partial charge in [-0.15, -0.1) is 0 Å². The molecule has 4 rings (SSSR count). The minimum atomic E-state index is -0.339. The number of aliphatic hydroxyl groups is 2. The van der Waals surface area contributed by atoms with Crippen molar-refractivity contribution in [3.63, 3.8) is 0 Å². The van der Waals surface area contributed by atoms with E-state index >= 15 is 0 Å². The van der Waals surface area contributed by atoms with E-state index in [0.717, 1.165) is 25.7 Å². The standard InChI is InChI=1S/C19H26O2/c1-18-9-4-6-13(18)17-14(8-10-18)19(2)12(11-15(17)20)5-3-7-16(19)21/h4,7,9,11,13-15,17,20-21H,3,5-6,8,10H2,1-2H3/t13-,14-,15?,17-,18-,19-/m0/s1. The number of rotatable bonds is 0. The van der Waals surface area contributed by atoms with Crippen LogP contribution in [-0.4, -0.2) is 16.3 Å². The Hall–Kier alpha value is -1.02. The van der Waals surface area contributed by atoms with E-state index in [0.29, 0.717) is 17.6 Å². The Bertz CT molecular complexity index is 558. The van der Waals surface area contributed by atoms with Gasteiger partial charge in [0.2, 0.25) is 0 Å². The summed E-state index contributed by atoms with van der Waals surface area (Å²) >= 11 is 0. The van der Waals surface area contributed by atoms with Crippen molar-refractivity contribution in [1.29, 1.82) is 0 Å². The van der Waals surface area contributed by atoms with Crippen molar-refractivity contribution in [2.24, 2.45) is 28.6 Å². The summed E-state index contributed by atoms with van der Waals surface area (Å²) in [5, 5.41) is 21.4. The summed E-state index contributed by atoms with van der Waals surface area (Å²) in [6.45, 7) is 4.56. The minimum Gasteiger partial charge on any atom is -0.512 e. The topological polar surface area (TPSA) is 40.5 Å². The van der Waals surface area contributed by atoms with Crippen molar-refractivity contribution < 1.29 is 10.2 Å². The second kappa shape index (κ2) is 4.25. The van der Waals surface area contributed by atoms with Crippen molar-refractivity contribution in [3.05, 3.63) is 35.6 Å². The first-order valence-electron chi connectivity index (χ1n) is 8.43. The molecule has 0 bridgehead atoms. The normalized spacial score (nSPS) is 51.6. The summed E-state index contributed by atoms with van der Waals surface area (Å²) in [7, 11) is 0. The van der Waals surface area contributed by atoms with E-state index in [1.165, 1.54) is 12.0 Å². The molecular formula is C19H26O2. The number of hydrogen-bond donors (Lipinski definition) is 2. The SMILES string of the molecule is C[C@]12C(O)=CCCC1=CC(O)[C@@H]1[C@@H]2CC[C@]2(C)C=CC[C@@H]12. The maximum atomic E-state index is 10.8. The van der Waals surface area contributed by atoms with Gasteiger partial charge in [0, 0.05) is 5.41 Å². The maximum Gasteiger partial charge on any atom is 0.0985 e. The van der Waals surface area contributed by atoms with Crippen molar-refractivity contribution >= 4 is 0 Å². The molecule has 0 spiro atoms. The Kier molecular flexibility index (Phi) is 2.76. The summed E-state index contributed by atoms with van der Waals surface area (Å²) in [4.78, 5) is 0. The number of aliphatic hydroxyl groups excluding tert-OH is 2. The highest BCUT2D eigenvalue weighted by atomic mass is 16.3. The Morgan fingerprint density at radius 3 is 2.86 bits per heavy atom. The lowest BCUT2D eigenvalue weighted by Gasteiger charge is -2.57. The van der Waals surface area contributed by atoms with Crippen LogP contribution in [0.15, 0.2) is 35.6 Å². The maximum absolute atomic E-state index is 10.8. The third kappa shape index (κ3) is 1.63. The van der Waals surface area contributed by atoms with Crippen LogP contribution in [0.25, 0.3) is 0 Å². The lowest BCUT2D eigenvalue weighted by atomic mass is 9.48. The van der Waals surface area contributed by atoms with Gasteiger partial charge < -0.3 is 10.2 Å². The first-order valence-corrected chi connectivity index (χ1v) is 8.43. The Balaban J connectivity index is 1.81. The summed E-state index contributed by atoms with van der Waals surface area (Å²) in [5.74, 6) is 1.73. The van der Waals surface area contributed by atoms with Crippen molar-refractivity contribution in [2.45, 2.75) is 52.1 Å². The van der Waals surface area contributed by atoms with E-state index in [-0.39, 0.29) is 22.9 Å². The van der Waals surface area contributed by atoms with Crippen LogP contribution in [0.5, 0.6) is 0 Å².